The maximum absolute atomic E-state index is 13.0. The van der Waals surface area contributed by atoms with Crippen molar-refractivity contribution in [3.8, 4) is 5.75 Å². The number of aromatic nitrogens is 2. The second kappa shape index (κ2) is 4.53. The van der Waals surface area contributed by atoms with Gasteiger partial charge in [-0.15, -0.1) is 0 Å². The van der Waals surface area contributed by atoms with Crippen LogP contribution in [0.1, 0.15) is 11.1 Å². The maximum Gasteiger partial charge on any atom is 0.165 e. The zero-order valence-electron chi connectivity index (χ0n) is 8.34. The standard InChI is InChI=1S/C12H9FN2O/c13-11-7-9(3-4-12(11)16)1-2-10-5-6-14-15-8-10/h1-8,16H/b2-1+. The Balaban J connectivity index is 2.21. The van der Waals surface area contributed by atoms with Gasteiger partial charge in [0.2, 0.25) is 0 Å². The summed E-state index contributed by atoms with van der Waals surface area (Å²) in [6.07, 6.45) is 6.71. The van der Waals surface area contributed by atoms with E-state index in [4.69, 9.17) is 5.11 Å². The molecule has 2 rings (SSSR count). The van der Waals surface area contributed by atoms with E-state index >= 15 is 0 Å². The lowest BCUT2D eigenvalue weighted by molar-refractivity contribution is 0.432. The number of benzene rings is 1. The first-order valence-corrected chi connectivity index (χ1v) is 4.69. The molecule has 1 aromatic heterocycles. The molecule has 1 N–H and O–H groups in total. The van der Waals surface area contributed by atoms with E-state index in [1.54, 1.807) is 36.7 Å². The second-order valence-electron chi connectivity index (χ2n) is 3.22. The minimum absolute atomic E-state index is 0.345. The van der Waals surface area contributed by atoms with Crippen molar-refractivity contribution in [1.29, 1.82) is 0 Å². The molecule has 80 valence electrons. The van der Waals surface area contributed by atoms with Gasteiger partial charge in [0.1, 0.15) is 0 Å². The van der Waals surface area contributed by atoms with Crippen LogP contribution >= 0.6 is 0 Å². The van der Waals surface area contributed by atoms with Crippen LogP contribution in [0.25, 0.3) is 12.2 Å². The molecule has 1 aromatic carbocycles. The minimum Gasteiger partial charge on any atom is -0.505 e. The van der Waals surface area contributed by atoms with Crippen LogP contribution in [-0.2, 0) is 0 Å². The highest BCUT2D eigenvalue weighted by Gasteiger charge is 1.98. The first kappa shape index (κ1) is 10.3. The second-order valence-corrected chi connectivity index (χ2v) is 3.22. The van der Waals surface area contributed by atoms with Crippen molar-refractivity contribution < 1.29 is 9.50 Å². The van der Waals surface area contributed by atoms with Crippen molar-refractivity contribution in [3.63, 3.8) is 0 Å². The highest BCUT2D eigenvalue weighted by atomic mass is 19.1. The zero-order chi connectivity index (χ0) is 11.4. The van der Waals surface area contributed by atoms with Gasteiger partial charge in [0.05, 0.1) is 12.4 Å². The molecule has 0 bridgehead atoms. The van der Waals surface area contributed by atoms with E-state index in [9.17, 15) is 4.39 Å². The Morgan fingerprint density at radius 1 is 1.06 bits per heavy atom. The van der Waals surface area contributed by atoms with Crippen LogP contribution in [0.5, 0.6) is 5.75 Å². The van der Waals surface area contributed by atoms with Crippen LogP contribution in [-0.4, -0.2) is 15.3 Å². The van der Waals surface area contributed by atoms with Crippen LogP contribution in [0.2, 0.25) is 0 Å². The van der Waals surface area contributed by atoms with E-state index < -0.39 is 5.82 Å². The molecule has 0 radical (unpaired) electrons. The molecule has 0 aliphatic carbocycles. The SMILES string of the molecule is Oc1ccc(/C=C/c2ccnnc2)cc1F. The van der Waals surface area contributed by atoms with E-state index in [-0.39, 0.29) is 5.75 Å². The van der Waals surface area contributed by atoms with Gasteiger partial charge in [-0.3, -0.25) is 0 Å². The average Bonchev–Trinajstić information content (AvgIpc) is 2.32. The summed E-state index contributed by atoms with van der Waals surface area (Å²) in [5.74, 6) is -0.974. The number of nitrogens with zero attached hydrogens (tertiary/aromatic N) is 2. The van der Waals surface area contributed by atoms with Crippen LogP contribution in [0, 0.1) is 5.82 Å². The molecule has 2 aromatic rings. The first-order valence-electron chi connectivity index (χ1n) is 4.69. The average molecular weight is 216 g/mol. The fourth-order valence-corrected chi connectivity index (χ4v) is 1.22. The number of hydrogen-bond acceptors (Lipinski definition) is 3. The molecule has 1 heterocycles. The topological polar surface area (TPSA) is 46.0 Å². The van der Waals surface area contributed by atoms with Crippen LogP contribution < -0.4 is 0 Å². The van der Waals surface area contributed by atoms with Crippen molar-refractivity contribution in [1.82, 2.24) is 10.2 Å². The van der Waals surface area contributed by atoms with Gasteiger partial charge in [-0.1, -0.05) is 18.2 Å². The lowest BCUT2D eigenvalue weighted by atomic mass is 10.1. The molecule has 16 heavy (non-hydrogen) atoms. The summed E-state index contributed by atoms with van der Waals surface area (Å²) in [6.45, 7) is 0. The summed E-state index contributed by atoms with van der Waals surface area (Å²) in [7, 11) is 0. The van der Waals surface area contributed by atoms with Gasteiger partial charge in [0.15, 0.2) is 11.6 Å². The summed E-state index contributed by atoms with van der Waals surface area (Å²) in [5, 5.41) is 16.4. The van der Waals surface area contributed by atoms with E-state index in [1.807, 2.05) is 0 Å². The molecular weight excluding hydrogens is 207 g/mol. The maximum atomic E-state index is 13.0. The van der Waals surface area contributed by atoms with Crippen molar-refractivity contribution in [2.24, 2.45) is 0 Å². The molecule has 0 unspecified atom stereocenters. The number of phenolic OH excluding ortho intramolecular Hbond substituents is 1. The largest absolute Gasteiger partial charge is 0.505 e. The minimum atomic E-state index is -0.630. The molecule has 0 saturated heterocycles. The Labute approximate surface area is 91.9 Å². The number of aromatic hydroxyl groups is 1. The molecule has 0 spiro atoms. The molecular formula is C12H9FN2O. The Morgan fingerprint density at radius 2 is 1.88 bits per heavy atom. The summed E-state index contributed by atoms with van der Waals surface area (Å²) >= 11 is 0. The number of hydrogen-bond donors (Lipinski definition) is 1. The molecule has 0 aliphatic rings. The van der Waals surface area contributed by atoms with Gasteiger partial charge in [0, 0.05) is 0 Å². The molecule has 0 amide bonds. The van der Waals surface area contributed by atoms with E-state index in [1.165, 1.54) is 12.1 Å². The van der Waals surface area contributed by atoms with Gasteiger partial charge in [-0.25, -0.2) is 4.39 Å². The lowest BCUT2D eigenvalue weighted by Gasteiger charge is -1.96. The van der Waals surface area contributed by atoms with Gasteiger partial charge in [-0.05, 0) is 29.3 Å². The Hall–Kier alpha value is -2.23. The molecule has 4 heteroatoms. The summed E-state index contributed by atoms with van der Waals surface area (Å²) < 4.78 is 13.0. The van der Waals surface area contributed by atoms with Gasteiger partial charge < -0.3 is 5.11 Å². The fourth-order valence-electron chi connectivity index (χ4n) is 1.22. The third kappa shape index (κ3) is 2.42. The van der Waals surface area contributed by atoms with E-state index in [0.717, 1.165) is 5.56 Å². The highest BCUT2D eigenvalue weighted by molar-refractivity contribution is 5.69. The molecule has 0 saturated carbocycles. The fraction of sp³-hybridized carbons (Fsp3) is 0. The van der Waals surface area contributed by atoms with Gasteiger partial charge in [-0.2, -0.15) is 10.2 Å². The molecule has 0 atom stereocenters. The third-order valence-electron chi connectivity index (χ3n) is 2.05. The first-order chi connectivity index (χ1) is 7.75. The number of halogens is 1. The molecule has 0 fully saturated rings. The van der Waals surface area contributed by atoms with Crippen molar-refractivity contribution in [2.45, 2.75) is 0 Å². The highest BCUT2D eigenvalue weighted by Crippen LogP contribution is 2.17. The number of rotatable bonds is 2. The Kier molecular flexibility index (Phi) is 2.91. The third-order valence-corrected chi connectivity index (χ3v) is 2.05. The van der Waals surface area contributed by atoms with E-state index in [0.29, 0.717) is 5.56 Å². The van der Waals surface area contributed by atoms with Crippen LogP contribution in [0.4, 0.5) is 4.39 Å². The van der Waals surface area contributed by atoms with E-state index in [2.05, 4.69) is 10.2 Å². The van der Waals surface area contributed by atoms with Crippen LogP contribution in [0.3, 0.4) is 0 Å². The number of phenols is 1. The smallest absolute Gasteiger partial charge is 0.165 e. The molecule has 0 aliphatic heterocycles. The van der Waals surface area contributed by atoms with Gasteiger partial charge >= 0.3 is 0 Å². The lowest BCUT2D eigenvalue weighted by Crippen LogP contribution is -1.80. The van der Waals surface area contributed by atoms with Crippen molar-refractivity contribution >= 4 is 12.2 Å². The van der Waals surface area contributed by atoms with Crippen molar-refractivity contribution in [3.05, 3.63) is 53.6 Å². The monoisotopic (exact) mass is 216 g/mol. The van der Waals surface area contributed by atoms with Gasteiger partial charge in [0.25, 0.3) is 0 Å². The predicted octanol–water partition coefficient (Wildman–Crippen LogP) is 2.49. The quantitative estimate of drug-likeness (QED) is 0.838. The molecule has 3 nitrogen and oxygen atoms in total. The van der Waals surface area contributed by atoms with Crippen molar-refractivity contribution in [2.75, 3.05) is 0 Å². The summed E-state index contributed by atoms with van der Waals surface area (Å²) in [5.41, 5.74) is 1.55. The normalized spacial score (nSPS) is 10.8. The Morgan fingerprint density at radius 3 is 2.56 bits per heavy atom. The van der Waals surface area contributed by atoms with Crippen LogP contribution in [0.15, 0.2) is 36.7 Å². The zero-order valence-corrected chi connectivity index (χ0v) is 8.34. The summed E-state index contributed by atoms with van der Waals surface area (Å²) in [6, 6.07) is 6.00. The summed E-state index contributed by atoms with van der Waals surface area (Å²) in [4.78, 5) is 0. The Bertz CT molecular complexity index is 512. The predicted molar refractivity (Wildman–Crippen MR) is 59.0 cm³/mol.